The number of rotatable bonds is 3. The summed E-state index contributed by atoms with van der Waals surface area (Å²) in [4.78, 5) is 16.3. The molecule has 2 aromatic rings. The summed E-state index contributed by atoms with van der Waals surface area (Å²) in [7, 11) is 0. The highest BCUT2D eigenvalue weighted by Gasteiger charge is 2.36. The number of hydrogen-bond acceptors (Lipinski definition) is 4. The molecule has 2 heterocycles. The lowest BCUT2D eigenvalue weighted by molar-refractivity contribution is -0.154. The Kier molecular flexibility index (Phi) is 4.95. The summed E-state index contributed by atoms with van der Waals surface area (Å²) in [5.74, 6) is -0.615. The highest BCUT2D eigenvalue weighted by atomic mass is 35.5. The zero-order chi connectivity index (χ0) is 18.1. The van der Waals surface area contributed by atoms with Gasteiger partial charge >= 0.3 is 5.97 Å². The van der Waals surface area contributed by atoms with Gasteiger partial charge in [-0.1, -0.05) is 30.7 Å². The molecule has 2 unspecified atom stereocenters. The van der Waals surface area contributed by atoms with Gasteiger partial charge in [-0.3, -0.25) is 0 Å². The average molecular weight is 364 g/mol. The molecule has 0 fully saturated rings. The number of hydrogen-bond donors (Lipinski definition) is 0. The van der Waals surface area contributed by atoms with Gasteiger partial charge in [0.25, 0.3) is 0 Å². The second-order valence-electron chi connectivity index (χ2n) is 6.23. The van der Waals surface area contributed by atoms with Crippen molar-refractivity contribution in [2.45, 2.75) is 33.3 Å². The van der Waals surface area contributed by atoms with E-state index in [-0.39, 0.29) is 29.4 Å². The number of carbonyl (C=O) groups is 1. The molecule has 0 N–H and O–H groups in total. The van der Waals surface area contributed by atoms with Crippen molar-refractivity contribution in [1.82, 2.24) is 4.98 Å². The molecule has 0 saturated carbocycles. The lowest BCUT2D eigenvalue weighted by Gasteiger charge is -2.30. The predicted molar refractivity (Wildman–Crippen MR) is 93.3 cm³/mol. The molecular formula is C19H19ClFNO3. The molecule has 0 bridgehead atoms. The van der Waals surface area contributed by atoms with Crippen LogP contribution >= 0.6 is 11.6 Å². The first-order valence-electron chi connectivity index (χ1n) is 8.20. The number of fused-ring (bicyclic) bond motifs is 1. The molecule has 3 rings (SSSR count). The number of nitrogens with zero attached hydrogens (tertiary/aromatic N) is 1. The fraction of sp³-hybridized carbons (Fsp3) is 0.368. The van der Waals surface area contributed by atoms with Crippen LogP contribution in [-0.4, -0.2) is 23.7 Å². The van der Waals surface area contributed by atoms with Gasteiger partial charge in [0.05, 0.1) is 6.61 Å². The Hall–Kier alpha value is -2.14. The summed E-state index contributed by atoms with van der Waals surface area (Å²) in [6.07, 6.45) is -0.222. The van der Waals surface area contributed by atoms with Gasteiger partial charge in [-0.05, 0) is 43.5 Å². The number of aryl methyl sites for hydroxylation is 1. The number of halogens is 2. The topological polar surface area (TPSA) is 48.4 Å². The molecule has 2 atom stereocenters. The number of pyridine rings is 1. The van der Waals surface area contributed by atoms with Crippen LogP contribution in [0.1, 0.15) is 25.0 Å². The Morgan fingerprint density at radius 1 is 1.40 bits per heavy atom. The van der Waals surface area contributed by atoms with E-state index in [2.05, 4.69) is 4.98 Å². The molecule has 6 heteroatoms. The molecule has 4 nitrogen and oxygen atoms in total. The predicted octanol–water partition coefficient (Wildman–Crippen LogP) is 4.35. The van der Waals surface area contributed by atoms with Crippen LogP contribution in [-0.2, 0) is 16.0 Å². The van der Waals surface area contributed by atoms with E-state index in [1.165, 1.54) is 6.07 Å². The summed E-state index contributed by atoms with van der Waals surface area (Å²) >= 11 is 6.11. The molecule has 1 aliphatic rings. The van der Waals surface area contributed by atoms with E-state index in [1.54, 1.807) is 19.1 Å². The maximum Gasteiger partial charge on any atom is 0.347 e. The van der Waals surface area contributed by atoms with Crippen LogP contribution < -0.4 is 4.74 Å². The van der Waals surface area contributed by atoms with E-state index in [0.717, 1.165) is 11.1 Å². The fourth-order valence-corrected chi connectivity index (χ4v) is 3.25. The van der Waals surface area contributed by atoms with Gasteiger partial charge in [-0.25, -0.2) is 14.2 Å². The standard InChI is InChI=1S/C19H19ClFNO3/c1-4-24-19(23)17-11(3)8-14-13(9-16(20)22-18(14)25-17)12-6-5-10(2)7-15(12)21/h5-7,9,11,17H,4,8H2,1-3H3. The first kappa shape index (κ1) is 17.7. The van der Waals surface area contributed by atoms with Gasteiger partial charge in [-0.15, -0.1) is 0 Å². The molecule has 0 amide bonds. The third kappa shape index (κ3) is 3.47. The monoisotopic (exact) mass is 363 g/mol. The van der Waals surface area contributed by atoms with Crippen molar-refractivity contribution in [2.75, 3.05) is 6.61 Å². The smallest absolute Gasteiger partial charge is 0.347 e. The summed E-state index contributed by atoms with van der Waals surface area (Å²) in [6, 6.07) is 6.67. The van der Waals surface area contributed by atoms with E-state index in [4.69, 9.17) is 21.1 Å². The zero-order valence-corrected chi connectivity index (χ0v) is 15.1. The van der Waals surface area contributed by atoms with Crippen LogP contribution in [0.3, 0.4) is 0 Å². The van der Waals surface area contributed by atoms with Gasteiger partial charge < -0.3 is 9.47 Å². The van der Waals surface area contributed by atoms with Gasteiger partial charge in [0.1, 0.15) is 11.0 Å². The minimum atomic E-state index is -0.742. The minimum Gasteiger partial charge on any atom is -0.463 e. The number of ether oxygens (including phenoxy) is 2. The van der Waals surface area contributed by atoms with E-state index in [9.17, 15) is 9.18 Å². The van der Waals surface area contributed by atoms with Crippen LogP contribution in [0.25, 0.3) is 11.1 Å². The van der Waals surface area contributed by atoms with Crippen molar-refractivity contribution in [2.24, 2.45) is 5.92 Å². The van der Waals surface area contributed by atoms with Crippen molar-refractivity contribution in [3.63, 3.8) is 0 Å². The Bertz CT molecular complexity index is 825. The third-order valence-electron chi connectivity index (χ3n) is 4.27. The first-order valence-corrected chi connectivity index (χ1v) is 8.57. The Morgan fingerprint density at radius 3 is 2.84 bits per heavy atom. The van der Waals surface area contributed by atoms with Gasteiger partial charge in [0, 0.05) is 17.0 Å². The van der Waals surface area contributed by atoms with E-state index in [1.807, 2.05) is 19.9 Å². The van der Waals surface area contributed by atoms with Crippen molar-refractivity contribution in [3.05, 3.63) is 46.4 Å². The molecular weight excluding hydrogens is 345 g/mol. The summed E-state index contributed by atoms with van der Waals surface area (Å²) in [6.45, 7) is 5.75. The molecule has 0 radical (unpaired) electrons. The van der Waals surface area contributed by atoms with Crippen LogP contribution in [0.4, 0.5) is 4.39 Å². The summed E-state index contributed by atoms with van der Waals surface area (Å²) in [5.41, 5.74) is 2.67. The second kappa shape index (κ2) is 7.00. The Balaban J connectivity index is 2.06. The molecule has 1 aliphatic heterocycles. The number of carbonyl (C=O) groups excluding carboxylic acids is 1. The molecule has 0 aliphatic carbocycles. The quantitative estimate of drug-likeness (QED) is 0.600. The molecule has 132 valence electrons. The van der Waals surface area contributed by atoms with Crippen LogP contribution in [0, 0.1) is 18.7 Å². The van der Waals surface area contributed by atoms with Gasteiger partial charge in [0.2, 0.25) is 5.88 Å². The van der Waals surface area contributed by atoms with Crippen molar-refractivity contribution in [1.29, 1.82) is 0 Å². The van der Waals surface area contributed by atoms with E-state index < -0.39 is 12.1 Å². The SMILES string of the molecule is CCOC(=O)C1Oc2nc(Cl)cc(-c3ccc(C)cc3F)c2CC1C. The summed E-state index contributed by atoms with van der Waals surface area (Å²) in [5, 5.41) is 0.186. The lowest BCUT2D eigenvalue weighted by atomic mass is 9.88. The highest BCUT2D eigenvalue weighted by Crippen LogP contribution is 2.39. The number of aromatic nitrogens is 1. The largest absolute Gasteiger partial charge is 0.463 e. The highest BCUT2D eigenvalue weighted by molar-refractivity contribution is 6.29. The van der Waals surface area contributed by atoms with E-state index in [0.29, 0.717) is 17.5 Å². The molecule has 1 aromatic heterocycles. The molecule has 0 spiro atoms. The van der Waals surface area contributed by atoms with Crippen LogP contribution in [0.5, 0.6) is 5.88 Å². The van der Waals surface area contributed by atoms with E-state index >= 15 is 0 Å². The Labute approximate surface area is 150 Å². The first-order chi connectivity index (χ1) is 11.9. The van der Waals surface area contributed by atoms with Crippen LogP contribution in [0.15, 0.2) is 24.3 Å². The zero-order valence-electron chi connectivity index (χ0n) is 14.3. The number of benzene rings is 1. The normalized spacial score (nSPS) is 19.1. The summed E-state index contributed by atoms with van der Waals surface area (Å²) < 4.78 is 25.3. The van der Waals surface area contributed by atoms with Gasteiger partial charge in [-0.2, -0.15) is 0 Å². The van der Waals surface area contributed by atoms with Gasteiger partial charge in [0.15, 0.2) is 6.10 Å². The molecule has 1 aromatic carbocycles. The molecule has 0 saturated heterocycles. The van der Waals surface area contributed by atoms with Crippen molar-refractivity contribution >= 4 is 17.6 Å². The minimum absolute atomic E-state index is 0.123. The Morgan fingerprint density at radius 2 is 2.16 bits per heavy atom. The third-order valence-corrected chi connectivity index (χ3v) is 4.46. The van der Waals surface area contributed by atoms with Crippen molar-refractivity contribution in [3.8, 4) is 17.0 Å². The van der Waals surface area contributed by atoms with Crippen molar-refractivity contribution < 1.29 is 18.7 Å². The lowest BCUT2D eigenvalue weighted by Crippen LogP contribution is -2.40. The maximum absolute atomic E-state index is 14.5. The van der Waals surface area contributed by atoms with Crippen LogP contribution in [0.2, 0.25) is 5.15 Å². The second-order valence-corrected chi connectivity index (χ2v) is 6.62. The number of esters is 1. The fourth-order valence-electron chi connectivity index (χ4n) is 3.06. The average Bonchev–Trinajstić information content (AvgIpc) is 2.54. The molecule has 25 heavy (non-hydrogen) atoms. The maximum atomic E-state index is 14.5.